The van der Waals surface area contributed by atoms with Gasteiger partial charge in [-0.2, -0.15) is 0 Å². The summed E-state index contributed by atoms with van der Waals surface area (Å²) in [6, 6.07) is 0. The second-order valence-electron chi connectivity index (χ2n) is 11.9. The van der Waals surface area contributed by atoms with Crippen molar-refractivity contribution >= 4 is 0 Å². The minimum absolute atomic E-state index is 0.358. The first-order chi connectivity index (χ1) is 21.6. The van der Waals surface area contributed by atoms with E-state index in [1.807, 2.05) is 13.8 Å². The predicted octanol–water partition coefficient (Wildman–Crippen LogP) is -1.07. The summed E-state index contributed by atoms with van der Waals surface area (Å²) in [6.07, 6.45) is -14.2. The van der Waals surface area contributed by atoms with Crippen LogP contribution < -0.4 is 0 Å². The summed E-state index contributed by atoms with van der Waals surface area (Å²) in [5.41, 5.74) is 0. The molecule has 15 nitrogen and oxygen atoms in total. The summed E-state index contributed by atoms with van der Waals surface area (Å²) in [4.78, 5) is 0. The summed E-state index contributed by atoms with van der Waals surface area (Å²) in [5.74, 6) is 0. The van der Waals surface area contributed by atoms with E-state index < -0.39 is 105 Å². The number of unbranched alkanes of at least 4 members (excludes halogenated alkanes) is 3. The van der Waals surface area contributed by atoms with Crippen LogP contribution >= 0.6 is 0 Å². The van der Waals surface area contributed by atoms with Crippen molar-refractivity contribution in [1.82, 2.24) is 0 Å². The van der Waals surface area contributed by atoms with Gasteiger partial charge in [0.2, 0.25) is 0 Å². The van der Waals surface area contributed by atoms with Gasteiger partial charge in [-0.15, -0.1) is 0 Å². The Morgan fingerprint density at radius 1 is 0.511 bits per heavy atom. The summed E-state index contributed by atoms with van der Waals surface area (Å²) < 4.78 is 48.4. The van der Waals surface area contributed by atoms with Crippen LogP contribution in [0.25, 0.3) is 0 Å². The standard InChI is InChI=1S/C30H56O15/c1-5-8-11-38-23-16(4)41-30(27(40-13-10-7-3)26(23)39-12-9-6-2)45-25-22(36)28(37)42-18(15-32)24(25)44-29-21(35)20(34)19(33)17(14-31)43-29/h16-37H,5-15H2,1-4H3/t16?,17-,18?,19-,20?,21?,22?,23+,24+,25?,26?,27-,28+,29-,30-/m0/s1. The fraction of sp³-hybridized carbons (Fsp3) is 1.00. The summed E-state index contributed by atoms with van der Waals surface area (Å²) in [5, 5.41) is 72.5. The van der Waals surface area contributed by atoms with Crippen LogP contribution in [0.2, 0.25) is 0 Å². The normalized spacial score (nSPS) is 42.6. The van der Waals surface area contributed by atoms with Crippen molar-refractivity contribution in [2.24, 2.45) is 0 Å². The molecule has 0 aromatic heterocycles. The minimum atomic E-state index is -1.79. The molecule has 45 heavy (non-hydrogen) atoms. The first-order valence-electron chi connectivity index (χ1n) is 16.4. The van der Waals surface area contributed by atoms with Crippen molar-refractivity contribution in [3.05, 3.63) is 0 Å². The molecular weight excluding hydrogens is 600 g/mol. The average Bonchev–Trinajstić information content (AvgIpc) is 3.03. The highest BCUT2D eigenvalue weighted by Crippen LogP contribution is 2.35. The van der Waals surface area contributed by atoms with E-state index in [0.29, 0.717) is 19.8 Å². The van der Waals surface area contributed by atoms with Crippen molar-refractivity contribution < 1.29 is 73.6 Å². The van der Waals surface area contributed by atoms with E-state index in [4.69, 9.17) is 37.9 Å². The van der Waals surface area contributed by atoms with Crippen LogP contribution in [0, 0.1) is 0 Å². The SMILES string of the molecule is CCCCOC1[C@H](OCCCC)C(C)O[C@@H](OC2C(O)[C@H](O)OC(CO)[C@H]2O[C@@H]2O[C@@H](CO)[C@H](O)C(O)C2O)[C@H]1OCCCC. The molecule has 3 aliphatic heterocycles. The molecule has 15 atom stereocenters. The van der Waals surface area contributed by atoms with Gasteiger partial charge in [-0.1, -0.05) is 40.0 Å². The van der Waals surface area contributed by atoms with E-state index in [0.717, 1.165) is 38.5 Å². The molecule has 3 rings (SSSR count). The van der Waals surface area contributed by atoms with Crippen LogP contribution in [-0.4, -0.2) is 161 Å². The Balaban J connectivity index is 1.92. The Kier molecular flexibility index (Phi) is 16.8. The van der Waals surface area contributed by atoms with Gasteiger partial charge in [0.25, 0.3) is 0 Å². The number of rotatable bonds is 18. The molecule has 0 spiro atoms. The van der Waals surface area contributed by atoms with Gasteiger partial charge in [0.1, 0.15) is 67.1 Å². The van der Waals surface area contributed by atoms with Crippen LogP contribution in [0.4, 0.5) is 0 Å². The highest BCUT2D eigenvalue weighted by atomic mass is 16.8. The third-order valence-electron chi connectivity index (χ3n) is 8.40. The van der Waals surface area contributed by atoms with Crippen molar-refractivity contribution in [2.45, 2.75) is 158 Å². The molecule has 3 heterocycles. The monoisotopic (exact) mass is 656 g/mol. The Hall–Kier alpha value is -0.600. The molecule has 3 fully saturated rings. The highest BCUT2D eigenvalue weighted by molar-refractivity contribution is 4.97. The van der Waals surface area contributed by atoms with Crippen molar-refractivity contribution in [3.8, 4) is 0 Å². The summed E-state index contributed by atoms with van der Waals surface area (Å²) in [6.45, 7) is 7.87. The fourth-order valence-electron chi connectivity index (χ4n) is 5.63. The summed E-state index contributed by atoms with van der Waals surface area (Å²) >= 11 is 0. The van der Waals surface area contributed by atoms with Gasteiger partial charge in [0.05, 0.1) is 19.3 Å². The van der Waals surface area contributed by atoms with Gasteiger partial charge in [-0.3, -0.25) is 0 Å². The highest BCUT2D eigenvalue weighted by Gasteiger charge is 2.54. The Morgan fingerprint density at radius 2 is 1.04 bits per heavy atom. The largest absolute Gasteiger partial charge is 0.394 e. The molecule has 0 aliphatic carbocycles. The molecule has 7 unspecified atom stereocenters. The first kappa shape index (κ1) is 38.8. The van der Waals surface area contributed by atoms with E-state index in [1.54, 1.807) is 0 Å². The first-order valence-corrected chi connectivity index (χ1v) is 16.4. The lowest BCUT2D eigenvalue weighted by Gasteiger charge is -2.49. The molecule has 7 N–H and O–H groups in total. The van der Waals surface area contributed by atoms with E-state index in [2.05, 4.69) is 13.8 Å². The molecule has 15 heteroatoms. The van der Waals surface area contributed by atoms with Gasteiger partial charge in [0, 0.05) is 19.8 Å². The predicted molar refractivity (Wildman–Crippen MR) is 156 cm³/mol. The van der Waals surface area contributed by atoms with Crippen molar-refractivity contribution in [2.75, 3.05) is 33.0 Å². The zero-order chi connectivity index (χ0) is 33.1. The molecule has 0 radical (unpaired) electrons. The molecule has 0 bridgehead atoms. The molecule has 3 saturated heterocycles. The van der Waals surface area contributed by atoms with Crippen LogP contribution in [0.3, 0.4) is 0 Å². The maximum absolute atomic E-state index is 11.1. The van der Waals surface area contributed by atoms with Crippen LogP contribution in [0.15, 0.2) is 0 Å². The minimum Gasteiger partial charge on any atom is -0.394 e. The maximum Gasteiger partial charge on any atom is 0.187 e. The third kappa shape index (κ3) is 9.96. The van der Waals surface area contributed by atoms with Gasteiger partial charge >= 0.3 is 0 Å². The zero-order valence-electron chi connectivity index (χ0n) is 26.8. The average molecular weight is 657 g/mol. The van der Waals surface area contributed by atoms with Gasteiger partial charge < -0.3 is 73.6 Å². The Morgan fingerprint density at radius 3 is 1.60 bits per heavy atom. The topological polar surface area (TPSA) is 215 Å². The number of hydrogen-bond donors (Lipinski definition) is 7. The van der Waals surface area contributed by atoms with E-state index >= 15 is 0 Å². The second-order valence-corrected chi connectivity index (χ2v) is 11.9. The fourth-order valence-corrected chi connectivity index (χ4v) is 5.63. The van der Waals surface area contributed by atoms with E-state index in [-0.39, 0.29) is 0 Å². The molecular formula is C30H56O15. The van der Waals surface area contributed by atoms with Crippen LogP contribution in [0.5, 0.6) is 0 Å². The molecule has 0 saturated carbocycles. The van der Waals surface area contributed by atoms with Crippen LogP contribution in [-0.2, 0) is 37.9 Å². The molecule has 0 amide bonds. The number of aliphatic hydroxyl groups excluding tert-OH is 7. The smallest absolute Gasteiger partial charge is 0.187 e. The van der Waals surface area contributed by atoms with Gasteiger partial charge in [-0.05, 0) is 26.2 Å². The van der Waals surface area contributed by atoms with Gasteiger partial charge in [-0.25, -0.2) is 0 Å². The Bertz CT molecular complexity index is 807. The number of ether oxygens (including phenoxy) is 8. The lowest BCUT2D eigenvalue weighted by atomic mass is 9.95. The maximum atomic E-state index is 11.1. The van der Waals surface area contributed by atoms with Gasteiger partial charge in [0.15, 0.2) is 18.9 Å². The second kappa shape index (κ2) is 19.4. The van der Waals surface area contributed by atoms with Crippen molar-refractivity contribution in [1.29, 1.82) is 0 Å². The van der Waals surface area contributed by atoms with E-state index in [9.17, 15) is 35.7 Å². The van der Waals surface area contributed by atoms with Crippen molar-refractivity contribution in [3.63, 3.8) is 0 Å². The number of hydrogen-bond acceptors (Lipinski definition) is 15. The lowest BCUT2D eigenvalue weighted by molar-refractivity contribution is -0.386. The number of aliphatic hydroxyl groups is 7. The molecule has 266 valence electrons. The third-order valence-corrected chi connectivity index (χ3v) is 8.40. The molecule has 3 aliphatic rings. The molecule has 0 aromatic rings. The summed E-state index contributed by atoms with van der Waals surface area (Å²) in [7, 11) is 0. The quantitative estimate of drug-likeness (QED) is 0.0875. The zero-order valence-corrected chi connectivity index (χ0v) is 26.8. The Labute approximate surface area is 265 Å². The van der Waals surface area contributed by atoms with E-state index in [1.165, 1.54) is 0 Å². The van der Waals surface area contributed by atoms with Crippen LogP contribution in [0.1, 0.15) is 66.2 Å². The molecule has 0 aromatic carbocycles. The lowest BCUT2D eigenvalue weighted by Crippen LogP contribution is -2.67.